The lowest BCUT2D eigenvalue weighted by Gasteiger charge is -2.19. The van der Waals surface area contributed by atoms with Gasteiger partial charge < -0.3 is 0 Å². The highest BCUT2D eigenvalue weighted by molar-refractivity contribution is 5.61. The van der Waals surface area contributed by atoms with E-state index in [1.54, 1.807) is 0 Å². The Morgan fingerprint density at radius 2 is 2.31 bits per heavy atom. The van der Waals surface area contributed by atoms with Gasteiger partial charge in [-0.05, 0) is 36.5 Å². The summed E-state index contributed by atoms with van der Waals surface area (Å²) < 4.78 is 0. The van der Waals surface area contributed by atoms with Crippen molar-refractivity contribution in [3.05, 3.63) is 29.3 Å². The molecular weight excluding hydrogens is 162 g/mol. The van der Waals surface area contributed by atoms with Crippen LogP contribution in [0.4, 0.5) is 5.69 Å². The van der Waals surface area contributed by atoms with Crippen LogP contribution in [0, 0.1) is 0 Å². The fraction of sp³-hybridized carbons (Fsp3) is 0.455. The molecule has 2 nitrogen and oxygen atoms in total. The molecule has 0 saturated carbocycles. The number of hydrogen-bond donors (Lipinski definition) is 1. The highest BCUT2D eigenvalue weighted by Crippen LogP contribution is 2.43. The van der Waals surface area contributed by atoms with E-state index >= 15 is 0 Å². The third-order valence-electron chi connectivity index (χ3n) is 3.25. The first-order chi connectivity index (χ1) is 6.36. The zero-order chi connectivity index (χ0) is 8.84. The largest absolute Gasteiger partial charge is 0.288 e. The lowest BCUT2D eigenvalue weighted by Crippen LogP contribution is -2.16. The Balaban J connectivity index is 2.22. The monoisotopic (exact) mass is 175 g/mol. The molecule has 1 aromatic carbocycles. The third-order valence-corrected chi connectivity index (χ3v) is 3.25. The van der Waals surface area contributed by atoms with Gasteiger partial charge in [-0.15, -0.1) is 0 Å². The molecule has 0 fully saturated rings. The van der Waals surface area contributed by atoms with Crippen LogP contribution in [-0.4, -0.2) is 11.8 Å². The lowest BCUT2D eigenvalue weighted by atomic mass is 9.84. The van der Waals surface area contributed by atoms with Crippen molar-refractivity contribution in [1.82, 2.24) is 0 Å². The fourth-order valence-corrected chi connectivity index (χ4v) is 2.69. The normalized spacial score (nSPS) is 24.7. The summed E-state index contributed by atoms with van der Waals surface area (Å²) in [6, 6.07) is 6.26. The molecule has 2 aliphatic rings. The topological polar surface area (TPSA) is 23.5 Å². The number of nitrogens with zero attached hydrogens (tertiary/aromatic N) is 1. The van der Waals surface area contributed by atoms with Gasteiger partial charge in [-0.1, -0.05) is 12.1 Å². The van der Waals surface area contributed by atoms with Crippen molar-refractivity contribution < 1.29 is 5.21 Å². The van der Waals surface area contributed by atoms with E-state index in [0.717, 1.165) is 12.2 Å². The van der Waals surface area contributed by atoms with Crippen molar-refractivity contribution in [2.24, 2.45) is 0 Å². The van der Waals surface area contributed by atoms with Crippen molar-refractivity contribution in [3.63, 3.8) is 0 Å². The Bertz CT molecular complexity index is 348. The summed E-state index contributed by atoms with van der Waals surface area (Å²) in [5.74, 6) is 0.588. The molecule has 3 rings (SSSR count). The SMILES string of the molecule is ON1CC2CCCc3cccc1c32. The number of anilines is 1. The second kappa shape index (κ2) is 2.48. The van der Waals surface area contributed by atoms with Crippen molar-refractivity contribution in [2.45, 2.75) is 25.2 Å². The van der Waals surface area contributed by atoms with Crippen molar-refractivity contribution in [1.29, 1.82) is 0 Å². The maximum Gasteiger partial charge on any atom is 0.0672 e. The number of hydroxylamine groups is 1. The van der Waals surface area contributed by atoms with E-state index in [2.05, 4.69) is 6.07 Å². The van der Waals surface area contributed by atoms with Crippen LogP contribution >= 0.6 is 0 Å². The van der Waals surface area contributed by atoms with E-state index in [0.29, 0.717) is 5.92 Å². The van der Waals surface area contributed by atoms with Gasteiger partial charge in [-0.2, -0.15) is 0 Å². The second-order valence-corrected chi connectivity index (χ2v) is 4.02. The second-order valence-electron chi connectivity index (χ2n) is 4.02. The van der Waals surface area contributed by atoms with Crippen LogP contribution in [0.5, 0.6) is 0 Å². The van der Waals surface area contributed by atoms with Gasteiger partial charge in [-0.3, -0.25) is 10.3 Å². The Morgan fingerprint density at radius 1 is 1.38 bits per heavy atom. The zero-order valence-electron chi connectivity index (χ0n) is 7.53. The van der Waals surface area contributed by atoms with E-state index in [-0.39, 0.29) is 0 Å². The molecule has 2 heteroatoms. The zero-order valence-corrected chi connectivity index (χ0v) is 7.53. The van der Waals surface area contributed by atoms with Crippen molar-refractivity contribution in [2.75, 3.05) is 11.6 Å². The van der Waals surface area contributed by atoms with Crippen LogP contribution in [0.1, 0.15) is 29.9 Å². The first kappa shape index (κ1) is 7.39. The van der Waals surface area contributed by atoms with Crippen molar-refractivity contribution in [3.8, 4) is 0 Å². The molecule has 1 aromatic rings. The standard InChI is InChI=1S/C11H13NO/c13-12-7-9-5-1-3-8-4-2-6-10(12)11(8)9/h2,4,6,9,13H,1,3,5,7H2. The number of aryl methyl sites for hydroxylation is 1. The Hall–Kier alpha value is -1.02. The lowest BCUT2D eigenvalue weighted by molar-refractivity contribution is 0.256. The van der Waals surface area contributed by atoms with Crippen LogP contribution in [0.2, 0.25) is 0 Å². The molecule has 0 radical (unpaired) electrons. The maximum absolute atomic E-state index is 9.67. The van der Waals surface area contributed by atoms with Crippen LogP contribution in [0.15, 0.2) is 18.2 Å². The molecule has 1 heterocycles. The summed E-state index contributed by atoms with van der Waals surface area (Å²) in [6.07, 6.45) is 3.70. The molecule has 1 aliphatic carbocycles. The predicted octanol–water partition coefficient (Wildman–Crippen LogP) is 2.32. The first-order valence-electron chi connectivity index (χ1n) is 4.94. The summed E-state index contributed by atoms with van der Waals surface area (Å²) in [5.41, 5.74) is 3.91. The molecular formula is C11H13NO. The van der Waals surface area contributed by atoms with E-state index in [1.807, 2.05) is 12.1 Å². The van der Waals surface area contributed by atoms with Gasteiger partial charge >= 0.3 is 0 Å². The Morgan fingerprint density at radius 3 is 3.23 bits per heavy atom. The highest BCUT2D eigenvalue weighted by atomic mass is 16.5. The van der Waals surface area contributed by atoms with E-state index in [1.165, 1.54) is 35.5 Å². The van der Waals surface area contributed by atoms with Crippen LogP contribution in [0.25, 0.3) is 0 Å². The minimum absolute atomic E-state index is 0.588. The molecule has 68 valence electrons. The van der Waals surface area contributed by atoms with Gasteiger partial charge in [0.15, 0.2) is 0 Å². The smallest absolute Gasteiger partial charge is 0.0672 e. The average Bonchev–Trinajstić information content (AvgIpc) is 2.47. The summed E-state index contributed by atoms with van der Waals surface area (Å²) in [6.45, 7) is 0.798. The Labute approximate surface area is 77.8 Å². The molecule has 1 N–H and O–H groups in total. The average molecular weight is 175 g/mol. The molecule has 0 bridgehead atoms. The first-order valence-corrected chi connectivity index (χ1v) is 4.94. The van der Waals surface area contributed by atoms with Crippen LogP contribution in [0.3, 0.4) is 0 Å². The van der Waals surface area contributed by atoms with Gasteiger partial charge in [0.1, 0.15) is 0 Å². The van der Waals surface area contributed by atoms with Gasteiger partial charge in [0.05, 0.1) is 12.2 Å². The molecule has 1 atom stereocenters. The Kier molecular flexibility index (Phi) is 1.41. The number of rotatable bonds is 0. The van der Waals surface area contributed by atoms with E-state index in [9.17, 15) is 5.21 Å². The van der Waals surface area contributed by atoms with Gasteiger partial charge in [0.25, 0.3) is 0 Å². The minimum Gasteiger partial charge on any atom is -0.288 e. The summed E-state index contributed by atoms with van der Waals surface area (Å²) in [4.78, 5) is 0. The maximum atomic E-state index is 9.67. The molecule has 13 heavy (non-hydrogen) atoms. The third kappa shape index (κ3) is 0.923. The molecule has 0 aromatic heterocycles. The molecule has 0 saturated heterocycles. The summed E-state index contributed by atoms with van der Waals surface area (Å²) >= 11 is 0. The van der Waals surface area contributed by atoms with Gasteiger partial charge in [-0.25, -0.2) is 0 Å². The minimum atomic E-state index is 0.588. The van der Waals surface area contributed by atoms with Crippen LogP contribution in [-0.2, 0) is 6.42 Å². The molecule has 1 unspecified atom stereocenters. The number of hydrogen-bond acceptors (Lipinski definition) is 2. The fourth-order valence-electron chi connectivity index (χ4n) is 2.69. The summed E-state index contributed by atoms with van der Waals surface area (Å²) in [5, 5.41) is 11.1. The number of benzene rings is 1. The molecule has 0 amide bonds. The predicted molar refractivity (Wildman–Crippen MR) is 51.3 cm³/mol. The van der Waals surface area contributed by atoms with Crippen LogP contribution < -0.4 is 5.06 Å². The molecule has 1 aliphatic heterocycles. The summed E-state index contributed by atoms with van der Waals surface area (Å²) in [7, 11) is 0. The van der Waals surface area contributed by atoms with E-state index < -0.39 is 0 Å². The van der Waals surface area contributed by atoms with E-state index in [4.69, 9.17) is 0 Å². The highest BCUT2D eigenvalue weighted by Gasteiger charge is 2.31. The quantitative estimate of drug-likeness (QED) is 0.654. The van der Waals surface area contributed by atoms with Gasteiger partial charge in [0.2, 0.25) is 0 Å². The van der Waals surface area contributed by atoms with Crippen molar-refractivity contribution >= 4 is 5.69 Å². The van der Waals surface area contributed by atoms with Gasteiger partial charge in [0, 0.05) is 5.92 Å². The molecule has 0 spiro atoms.